The molecule has 4 rings (SSSR count). The molecule has 0 nitrogen and oxygen atoms in total. The maximum absolute atomic E-state index is 4.17. The van der Waals surface area contributed by atoms with Gasteiger partial charge >= 0.3 is 0 Å². The molecule has 0 saturated heterocycles. The molecule has 4 aliphatic carbocycles. The molecule has 4 saturated carbocycles. The summed E-state index contributed by atoms with van der Waals surface area (Å²) in [5.74, 6) is 9.67. The predicted octanol–water partition coefficient (Wildman–Crippen LogP) is 18.2. The molecule has 2 bridgehead atoms. The van der Waals surface area contributed by atoms with Crippen molar-refractivity contribution in [1.29, 1.82) is 0 Å². The maximum atomic E-state index is 4.17. The van der Waals surface area contributed by atoms with Crippen LogP contribution in [-0.4, -0.2) is 0 Å². The normalized spacial score (nSPS) is 33.0. The van der Waals surface area contributed by atoms with Gasteiger partial charge in [-0.05, 0) is 155 Å². The molecule has 0 N–H and O–H groups in total. The van der Waals surface area contributed by atoms with Crippen molar-refractivity contribution < 1.29 is 0 Å². The van der Waals surface area contributed by atoms with Crippen LogP contribution in [0.25, 0.3) is 0 Å². The summed E-state index contributed by atoms with van der Waals surface area (Å²) in [5.41, 5.74) is 4.88. The first kappa shape index (κ1) is 51.8. The highest BCUT2D eigenvalue weighted by molar-refractivity contribution is 5.12. The van der Waals surface area contributed by atoms with Gasteiger partial charge in [0.25, 0.3) is 0 Å². The highest BCUT2D eigenvalue weighted by Gasteiger charge is 2.63. The van der Waals surface area contributed by atoms with Gasteiger partial charge in [0.15, 0.2) is 0 Å². The molecule has 322 valence electrons. The van der Waals surface area contributed by atoms with E-state index in [1.54, 1.807) is 0 Å². The molecule has 0 aromatic heterocycles. The van der Waals surface area contributed by atoms with Gasteiger partial charge in [-0.1, -0.05) is 191 Å². The van der Waals surface area contributed by atoms with E-state index in [4.69, 9.17) is 0 Å². The summed E-state index contributed by atoms with van der Waals surface area (Å²) in [4.78, 5) is 0. The van der Waals surface area contributed by atoms with E-state index in [1.807, 2.05) is 0 Å². The van der Waals surface area contributed by atoms with E-state index >= 15 is 0 Å². The molecular weight excluding hydrogens is 649 g/mol. The molecule has 0 aliphatic heterocycles. The van der Waals surface area contributed by atoms with Crippen molar-refractivity contribution in [2.45, 2.75) is 231 Å². The summed E-state index contributed by atoms with van der Waals surface area (Å²) in [6.07, 6.45) is 12.9. The molecule has 0 heterocycles. The van der Waals surface area contributed by atoms with Crippen LogP contribution >= 0.6 is 0 Å². The third-order valence-corrected chi connectivity index (χ3v) is 17.8. The molecule has 9 unspecified atom stereocenters. The van der Waals surface area contributed by atoms with Gasteiger partial charge in [-0.3, -0.25) is 0 Å². The van der Waals surface area contributed by atoms with Gasteiger partial charge in [-0.2, -0.15) is 0 Å². The SMILES string of the molecule is C=C(C)C1CCC(C)CC1C(C)(C)C.CC(C)(C)C1CC2CCC1(C)C2(C)C.CC(C)C(C)(C(C)C)C(C)(C)C.CC1CCC(C(C)C)C(C(C)(C)C)C1. The van der Waals surface area contributed by atoms with E-state index in [0.717, 1.165) is 65.1 Å². The van der Waals surface area contributed by atoms with Crippen LogP contribution < -0.4 is 0 Å². The highest BCUT2D eigenvalue weighted by atomic mass is 14.7. The van der Waals surface area contributed by atoms with Crippen molar-refractivity contribution in [2.75, 3.05) is 0 Å². The number of rotatable bonds is 4. The summed E-state index contributed by atoms with van der Waals surface area (Å²) in [5, 5.41) is 0. The van der Waals surface area contributed by atoms with Crippen LogP contribution in [0, 0.1) is 103 Å². The average Bonchev–Trinajstić information content (AvgIpc) is 3.33. The summed E-state index contributed by atoms with van der Waals surface area (Å²) < 4.78 is 0. The van der Waals surface area contributed by atoms with E-state index in [0.29, 0.717) is 37.9 Å². The number of hydrogen-bond acceptors (Lipinski definition) is 0. The standard InChI is InChI=1S/C14H26.C14H28.C14H26.C12H26/c1-12(2,3)11-9-10-7-8-14(11,6)13(10,4)5;2*1-10(2)12-8-7-11(3)9-13(12)14(4,5)6;1-9(2)12(8,10(3)4)11(5,6)7/h10-11H,7-9H2,1-6H3;10-13H,7-9H2,1-6H3;11-13H,1,7-9H2,2-6H3;9-10H,1-8H3. The van der Waals surface area contributed by atoms with Gasteiger partial charge in [0.2, 0.25) is 0 Å². The minimum atomic E-state index is 0.398. The zero-order valence-corrected chi connectivity index (χ0v) is 42.4. The summed E-state index contributed by atoms with van der Waals surface area (Å²) >= 11 is 0. The molecule has 54 heavy (non-hydrogen) atoms. The Bertz CT molecular complexity index is 1110. The van der Waals surface area contributed by atoms with Gasteiger partial charge in [-0.15, -0.1) is 0 Å². The first-order valence-corrected chi connectivity index (χ1v) is 23.6. The molecular formula is C54H106. The Morgan fingerprint density at radius 2 is 1.00 bits per heavy atom. The molecule has 0 heteroatoms. The summed E-state index contributed by atoms with van der Waals surface area (Å²) in [6, 6.07) is 0. The van der Waals surface area contributed by atoms with Gasteiger partial charge in [0.05, 0.1) is 0 Å². The second-order valence-electron chi connectivity index (χ2n) is 26.5. The number of allylic oxidation sites excluding steroid dienone is 1. The third-order valence-electron chi connectivity index (χ3n) is 17.8. The first-order valence-electron chi connectivity index (χ1n) is 23.6. The highest BCUT2D eigenvalue weighted by Crippen LogP contribution is 2.71. The molecule has 0 aromatic carbocycles. The van der Waals surface area contributed by atoms with Gasteiger partial charge < -0.3 is 0 Å². The Hall–Kier alpha value is -0.260. The van der Waals surface area contributed by atoms with Gasteiger partial charge in [0.1, 0.15) is 0 Å². The van der Waals surface area contributed by atoms with Crippen molar-refractivity contribution >= 4 is 0 Å². The molecule has 4 aliphatic rings. The van der Waals surface area contributed by atoms with Crippen LogP contribution in [0.2, 0.25) is 0 Å². The van der Waals surface area contributed by atoms with Crippen LogP contribution in [-0.2, 0) is 0 Å². The third kappa shape index (κ3) is 12.4. The molecule has 0 aromatic rings. The number of hydrogen-bond donors (Lipinski definition) is 0. The Balaban J connectivity index is 0.000000361. The van der Waals surface area contributed by atoms with E-state index in [2.05, 4.69) is 180 Å². The zero-order valence-electron chi connectivity index (χ0n) is 42.4. The monoisotopic (exact) mass is 755 g/mol. The van der Waals surface area contributed by atoms with Crippen LogP contribution in [0.1, 0.15) is 231 Å². The van der Waals surface area contributed by atoms with E-state index < -0.39 is 0 Å². The van der Waals surface area contributed by atoms with Crippen molar-refractivity contribution in [3.05, 3.63) is 12.2 Å². The lowest BCUT2D eigenvalue weighted by Gasteiger charge is -2.49. The summed E-state index contributed by atoms with van der Waals surface area (Å²) in [6.45, 7) is 64.1. The minimum absolute atomic E-state index is 0.398. The minimum Gasteiger partial charge on any atom is -0.0999 e. The fourth-order valence-corrected chi connectivity index (χ4v) is 13.0. The summed E-state index contributed by atoms with van der Waals surface area (Å²) in [7, 11) is 0. The van der Waals surface area contributed by atoms with Crippen molar-refractivity contribution in [1.82, 2.24) is 0 Å². The first-order chi connectivity index (χ1) is 24.0. The maximum Gasteiger partial charge on any atom is -0.0175 e. The van der Waals surface area contributed by atoms with Gasteiger partial charge in [0, 0.05) is 0 Å². The van der Waals surface area contributed by atoms with Crippen LogP contribution in [0.4, 0.5) is 0 Å². The average molecular weight is 755 g/mol. The Morgan fingerprint density at radius 1 is 0.574 bits per heavy atom. The predicted molar refractivity (Wildman–Crippen MR) is 248 cm³/mol. The largest absolute Gasteiger partial charge is 0.0999 e. The number of fused-ring (bicyclic) bond motifs is 2. The lowest BCUT2D eigenvalue weighted by molar-refractivity contribution is 0.00133. The molecule has 0 spiro atoms. The van der Waals surface area contributed by atoms with Gasteiger partial charge in [-0.25, -0.2) is 0 Å². The van der Waals surface area contributed by atoms with E-state index in [9.17, 15) is 0 Å². The lowest BCUT2D eigenvalue weighted by Crippen LogP contribution is -2.42. The van der Waals surface area contributed by atoms with Crippen LogP contribution in [0.5, 0.6) is 0 Å². The Kier molecular flexibility index (Phi) is 18.0. The fourth-order valence-electron chi connectivity index (χ4n) is 13.0. The van der Waals surface area contributed by atoms with Crippen molar-refractivity contribution in [3.8, 4) is 0 Å². The Morgan fingerprint density at radius 3 is 1.26 bits per heavy atom. The van der Waals surface area contributed by atoms with Crippen molar-refractivity contribution in [3.63, 3.8) is 0 Å². The quantitative estimate of drug-likeness (QED) is 0.251. The van der Waals surface area contributed by atoms with E-state index in [1.165, 1.54) is 63.4 Å². The second kappa shape index (κ2) is 18.8. The molecule has 0 radical (unpaired) electrons. The van der Waals surface area contributed by atoms with Crippen molar-refractivity contribution in [2.24, 2.45) is 103 Å². The Labute approximate surface area is 344 Å². The van der Waals surface area contributed by atoms with Crippen LogP contribution in [0.3, 0.4) is 0 Å². The zero-order chi connectivity index (χ0) is 42.8. The smallest absolute Gasteiger partial charge is 0.0175 e. The lowest BCUT2D eigenvalue weighted by atomic mass is 9.56. The topological polar surface area (TPSA) is 0 Å². The molecule has 0 amide bonds. The van der Waals surface area contributed by atoms with Crippen LogP contribution in [0.15, 0.2) is 12.2 Å². The van der Waals surface area contributed by atoms with E-state index in [-0.39, 0.29) is 0 Å². The molecule has 4 fully saturated rings. The molecule has 9 atom stereocenters. The fraction of sp³-hybridized carbons (Fsp3) is 0.963. The second-order valence-corrected chi connectivity index (χ2v) is 26.5.